The Balaban J connectivity index is 1.52. The summed E-state index contributed by atoms with van der Waals surface area (Å²) < 4.78 is 17.1. The van der Waals surface area contributed by atoms with E-state index in [1.165, 1.54) is 19.3 Å². The maximum atomic E-state index is 10.8. The highest BCUT2D eigenvalue weighted by molar-refractivity contribution is 5.25. The van der Waals surface area contributed by atoms with Gasteiger partial charge in [0.2, 0.25) is 0 Å². The maximum absolute atomic E-state index is 10.8. The number of aliphatic hydroxyl groups excluding tert-OH is 1. The molecule has 6 nitrogen and oxygen atoms in total. The Labute approximate surface area is 156 Å². The summed E-state index contributed by atoms with van der Waals surface area (Å²) in [5, 5.41) is 10.8. The van der Waals surface area contributed by atoms with E-state index >= 15 is 0 Å². The molecular formula is C20H34N2O4. The van der Waals surface area contributed by atoms with Crippen LogP contribution in [0.15, 0.2) is 0 Å². The molecule has 0 radical (unpaired) electrons. The van der Waals surface area contributed by atoms with Crippen molar-refractivity contribution >= 4 is 0 Å². The smallest absolute Gasteiger partial charge is 0.0673 e. The number of ether oxygens (including phenoxy) is 3. The second-order valence-corrected chi connectivity index (χ2v) is 9.35. The lowest BCUT2D eigenvalue weighted by molar-refractivity contribution is -0.190. The molecule has 0 aromatic carbocycles. The fraction of sp³-hybridized carbons (Fsp3) is 1.00. The van der Waals surface area contributed by atoms with Gasteiger partial charge in [0.1, 0.15) is 0 Å². The molecule has 6 unspecified atom stereocenters. The molecule has 6 atom stereocenters. The summed E-state index contributed by atoms with van der Waals surface area (Å²) in [5.74, 6) is 0. The number of hydrogen-bond donors (Lipinski definition) is 1. The molecule has 5 fully saturated rings. The van der Waals surface area contributed by atoms with Crippen LogP contribution in [0.4, 0.5) is 0 Å². The second-order valence-electron chi connectivity index (χ2n) is 9.35. The minimum atomic E-state index is -0.168. The minimum absolute atomic E-state index is 0.0705. The molecule has 148 valence electrons. The first-order valence-corrected chi connectivity index (χ1v) is 10.4. The van der Waals surface area contributed by atoms with Crippen LogP contribution in [0.1, 0.15) is 38.5 Å². The number of hydrogen-bond acceptors (Lipinski definition) is 6. The van der Waals surface area contributed by atoms with E-state index in [-0.39, 0.29) is 17.1 Å². The minimum Gasteiger partial charge on any atom is -0.393 e. The average Bonchev–Trinajstić information content (AvgIpc) is 3.20. The van der Waals surface area contributed by atoms with Gasteiger partial charge in [0.25, 0.3) is 0 Å². The number of aliphatic hydroxyl groups is 1. The largest absolute Gasteiger partial charge is 0.393 e. The van der Waals surface area contributed by atoms with Crippen LogP contribution < -0.4 is 0 Å². The third kappa shape index (κ3) is 2.26. The van der Waals surface area contributed by atoms with Gasteiger partial charge < -0.3 is 19.3 Å². The highest BCUT2D eigenvalue weighted by atomic mass is 16.5. The Morgan fingerprint density at radius 1 is 1.12 bits per heavy atom. The van der Waals surface area contributed by atoms with E-state index in [1.807, 2.05) is 7.11 Å². The molecule has 0 spiro atoms. The summed E-state index contributed by atoms with van der Waals surface area (Å²) in [6.07, 6.45) is 6.73. The van der Waals surface area contributed by atoms with Gasteiger partial charge in [-0.15, -0.1) is 0 Å². The highest BCUT2D eigenvalue weighted by Crippen LogP contribution is 2.64. The fourth-order valence-electron chi connectivity index (χ4n) is 7.46. The highest BCUT2D eigenvalue weighted by Gasteiger charge is 2.71. The van der Waals surface area contributed by atoms with Crippen molar-refractivity contribution in [1.82, 2.24) is 9.80 Å². The van der Waals surface area contributed by atoms with Gasteiger partial charge in [-0.25, -0.2) is 0 Å². The molecule has 6 heteroatoms. The van der Waals surface area contributed by atoms with Gasteiger partial charge in [-0.05, 0) is 38.5 Å². The zero-order valence-corrected chi connectivity index (χ0v) is 16.2. The lowest BCUT2D eigenvalue weighted by Crippen LogP contribution is -2.71. The molecule has 4 aliphatic heterocycles. The van der Waals surface area contributed by atoms with Crippen LogP contribution in [-0.4, -0.2) is 97.9 Å². The summed E-state index contributed by atoms with van der Waals surface area (Å²) in [5.41, 5.74) is 0.201. The zero-order chi connectivity index (χ0) is 17.9. The molecule has 4 heterocycles. The van der Waals surface area contributed by atoms with Gasteiger partial charge in [-0.3, -0.25) is 9.80 Å². The standard InChI is InChI=1S/C20H34N2O4/c1-24-6-5-21-13-19(9-15(21)8-18(19)25-2)20-4-3-14(7-17(23)10-20)22(20)16-11-26-12-16/h14-18,23H,3-13H2,1-2H3. The molecular weight excluding hydrogens is 332 g/mol. The zero-order valence-electron chi connectivity index (χ0n) is 16.2. The van der Waals surface area contributed by atoms with Crippen LogP contribution in [0.3, 0.4) is 0 Å². The predicted molar refractivity (Wildman–Crippen MR) is 97.1 cm³/mol. The van der Waals surface area contributed by atoms with Crippen LogP contribution in [-0.2, 0) is 14.2 Å². The molecule has 4 saturated heterocycles. The SMILES string of the molecule is COCCN1CC2(C34CCC(CC(O)C3)N4C3COC3)CC1CC2OC. The Hall–Kier alpha value is -0.240. The van der Waals surface area contributed by atoms with Gasteiger partial charge in [0.15, 0.2) is 0 Å². The Bertz CT molecular complexity index is 544. The Morgan fingerprint density at radius 3 is 2.65 bits per heavy atom. The molecule has 26 heavy (non-hydrogen) atoms. The van der Waals surface area contributed by atoms with Crippen molar-refractivity contribution in [2.24, 2.45) is 5.41 Å². The Kier molecular flexibility index (Phi) is 4.38. The topological polar surface area (TPSA) is 54.4 Å². The van der Waals surface area contributed by atoms with Gasteiger partial charge in [-0.2, -0.15) is 0 Å². The van der Waals surface area contributed by atoms with Crippen LogP contribution in [0.2, 0.25) is 0 Å². The van der Waals surface area contributed by atoms with Crippen LogP contribution >= 0.6 is 0 Å². The number of likely N-dealkylation sites (tertiary alicyclic amines) is 1. The first kappa shape index (κ1) is 17.8. The van der Waals surface area contributed by atoms with E-state index in [0.717, 1.165) is 52.2 Å². The normalized spacial score (nSPS) is 49.0. The van der Waals surface area contributed by atoms with E-state index in [2.05, 4.69) is 9.80 Å². The van der Waals surface area contributed by atoms with Crippen molar-refractivity contribution in [1.29, 1.82) is 0 Å². The molecule has 5 aliphatic rings. The van der Waals surface area contributed by atoms with Crippen molar-refractivity contribution in [3.05, 3.63) is 0 Å². The van der Waals surface area contributed by atoms with Crippen molar-refractivity contribution in [2.45, 2.75) is 74.4 Å². The van der Waals surface area contributed by atoms with Gasteiger partial charge >= 0.3 is 0 Å². The molecule has 5 rings (SSSR count). The summed E-state index contributed by atoms with van der Waals surface area (Å²) in [6, 6.07) is 1.66. The summed E-state index contributed by atoms with van der Waals surface area (Å²) in [4.78, 5) is 5.45. The first-order valence-electron chi connectivity index (χ1n) is 10.4. The van der Waals surface area contributed by atoms with Crippen molar-refractivity contribution < 1.29 is 19.3 Å². The lowest BCUT2D eigenvalue weighted by atomic mass is 9.62. The monoisotopic (exact) mass is 366 g/mol. The summed E-state index contributed by atoms with van der Waals surface area (Å²) >= 11 is 0. The number of rotatable bonds is 6. The van der Waals surface area contributed by atoms with Crippen LogP contribution in [0.5, 0.6) is 0 Å². The number of fused-ring (bicyclic) bond motifs is 5. The van der Waals surface area contributed by atoms with Gasteiger partial charge in [0, 0.05) is 50.3 Å². The summed E-state index contributed by atoms with van der Waals surface area (Å²) in [6.45, 7) is 4.61. The second kappa shape index (κ2) is 6.39. The van der Waals surface area contributed by atoms with Crippen molar-refractivity contribution in [3.63, 3.8) is 0 Å². The van der Waals surface area contributed by atoms with Crippen LogP contribution in [0.25, 0.3) is 0 Å². The molecule has 0 aromatic heterocycles. The average molecular weight is 367 g/mol. The van der Waals surface area contributed by atoms with Gasteiger partial charge in [-0.1, -0.05) is 0 Å². The third-order valence-corrected chi connectivity index (χ3v) is 8.41. The predicted octanol–water partition coefficient (Wildman–Crippen LogP) is 0.869. The van der Waals surface area contributed by atoms with Crippen molar-refractivity contribution in [3.8, 4) is 0 Å². The maximum Gasteiger partial charge on any atom is 0.0673 e. The van der Waals surface area contributed by atoms with Gasteiger partial charge in [0.05, 0.1) is 38.1 Å². The first-order chi connectivity index (χ1) is 12.6. The van der Waals surface area contributed by atoms with E-state index < -0.39 is 0 Å². The summed E-state index contributed by atoms with van der Waals surface area (Å²) in [7, 11) is 3.68. The van der Waals surface area contributed by atoms with Crippen LogP contribution in [0, 0.1) is 5.41 Å². The third-order valence-electron chi connectivity index (χ3n) is 8.41. The Morgan fingerprint density at radius 2 is 1.96 bits per heavy atom. The molecule has 4 bridgehead atoms. The number of nitrogens with zero attached hydrogens (tertiary/aromatic N) is 2. The van der Waals surface area contributed by atoms with E-state index in [0.29, 0.717) is 24.2 Å². The molecule has 1 N–H and O–H groups in total. The fourth-order valence-corrected chi connectivity index (χ4v) is 7.46. The molecule has 0 amide bonds. The van der Waals surface area contributed by atoms with E-state index in [4.69, 9.17) is 14.2 Å². The number of piperidine rings is 2. The van der Waals surface area contributed by atoms with Crippen molar-refractivity contribution in [2.75, 3.05) is 47.1 Å². The number of methoxy groups -OCH3 is 2. The molecule has 0 aromatic rings. The van der Waals surface area contributed by atoms with E-state index in [9.17, 15) is 5.11 Å². The lowest BCUT2D eigenvalue weighted by Gasteiger charge is -2.61. The quantitative estimate of drug-likeness (QED) is 0.753. The van der Waals surface area contributed by atoms with E-state index in [1.54, 1.807) is 7.11 Å². The molecule has 1 aliphatic carbocycles. The molecule has 1 saturated carbocycles.